The highest BCUT2D eigenvalue weighted by atomic mass is 32.3. The molecule has 65 heavy (non-hydrogen) atoms. The number of esters is 1. The molecule has 1 saturated heterocycles. The SMILES string of the molecule is CCCCC/C=C\C/C=C\CCCCCCCCCCCCOCC(COC1OC(CO)C(O)C(OS(=O)(=O)O)C1O)OC(=O)CCCCCCCCC/C=C\CCCCCCCCC. The second kappa shape index (κ2) is 43.6. The Morgan fingerprint density at radius 2 is 1.02 bits per heavy atom. The first-order valence-electron chi connectivity index (χ1n) is 26.2. The summed E-state index contributed by atoms with van der Waals surface area (Å²) < 4.78 is 59.3. The molecule has 0 aromatic heterocycles. The van der Waals surface area contributed by atoms with Gasteiger partial charge >= 0.3 is 16.4 Å². The molecule has 0 radical (unpaired) electrons. The molecule has 0 bridgehead atoms. The fourth-order valence-corrected chi connectivity index (χ4v) is 8.50. The molecular weight excluding hydrogens is 849 g/mol. The first-order valence-corrected chi connectivity index (χ1v) is 27.6. The van der Waals surface area contributed by atoms with Gasteiger partial charge in [-0.05, 0) is 70.6 Å². The standard InChI is InChI=1S/C52H96O12S/c1-3-5-7-9-11-13-15-17-19-21-23-24-26-28-30-32-34-36-38-40-42-60-44-46(45-61-52-50(56)51(64-65(57,58)59)49(55)47(43-53)63-52)62-48(54)41-39-37-35-33-31-29-27-25-22-20-18-16-14-12-10-8-6-4-2/h11,13,17,19-20,22,46-47,49-53,55-56H,3-10,12,14-16,18,21,23-45H2,1-2H3,(H,57,58,59)/b13-11-,19-17-,22-20-. The number of hydrogen-bond acceptors (Lipinski definition) is 11. The maximum Gasteiger partial charge on any atom is 0.397 e. The van der Waals surface area contributed by atoms with Gasteiger partial charge < -0.3 is 34.3 Å². The highest BCUT2D eigenvalue weighted by molar-refractivity contribution is 7.80. The summed E-state index contributed by atoms with van der Waals surface area (Å²) in [5, 5.41) is 30.8. The summed E-state index contributed by atoms with van der Waals surface area (Å²) in [7, 11) is -5.07. The molecule has 6 atom stereocenters. The predicted molar refractivity (Wildman–Crippen MR) is 262 cm³/mol. The van der Waals surface area contributed by atoms with E-state index in [0.29, 0.717) is 13.0 Å². The fraction of sp³-hybridized carbons (Fsp3) is 0.865. The molecule has 382 valence electrons. The van der Waals surface area contributed by atoms with E-state index in [9.17, 15) is 33.1 Å². The van der Waals surface area contributed by atoms with Crippen molar-refractivity contribution in [2.24, 2.45) is 0 Å². The van der Waals surface area contributed by atoms with E-state index >= 15 is 0 Å². The summed E-state index contributed by atoms with van der Waals surface area (Å²) in [6, 6.07) is 0. The maximum atomic E-state index is 12.9. The molecule has 1 aliphatic heterocycles. The highest BCUT2D eigenvalue weighted by Crippen LogP contribution is 2.26. The van der Waals surface area contributed by atoms with Gasteiger partial charge in [-0.2, -0.15) is 8.42 Å². The van der Waals surface area contributed by atoms with E-state index in [4.69, 9.17) is 18.9 Å². The number of carbonyl (C=O) groups excluding carboxylic acids is 1. The largest absolute Gasteiger partial charge is 0.457 e. The Kier molecular flexibility index (Phi) is 41.1. The van der Waals surface area contributed by atoms with Crippen LogP contribution in [0.3, 0.4) is 0 Å². The van der Waals surface area contributed by atoms with Crippen LogP contribution in [0, 0.1) is 0 Å². The topological polar surface area (TPSA) is 178 Å². The van der Waals surface area contributed by atoms with Crippen LogP contribution in [0.1, 0.15) is 226 Å². The molecule has 12 nitrogen and oxygen atoms in total. The number of allylic oxidation sites excluding steroid dienone is 6. The molecule has 0 aromatic carbocycles. The minimum Gasteiger partial charge on any atom is -0.457 e. The maximum absolute atomic E-state index is 12.9. The van der Waals surface area contributed by atoms with Crippen LogP contribution >= 0.6 is 0 Å². The predicted octanol–water partition coefficient (Wildman–Crippen LogP) is 12.1. The second-order valence-electron chi connectivity index (χ2n) is 18.1. The van der Waals surface area contributed by atoms with Gasteiger partial charge in [-0.3, -0.25) is 9.35 Å². The first kappa shape index (κ1) is 61.3. The van der Waals surface area contributed by atoms with E-state index in [-0.39, 0.29) is 19.6 Å². The Morgan fingerprint density at radius 3 is 1.51 bits per heavy atom. The molecule has 0 aliphatic carbocycles. The molecule has 1 aliphatic rings. The number of ether oxygens (including phenoxy) is 4. The number of rotatable bonds is 46. The number of aliphatic hydroxyl groups excluding tert-OH is 3. The summed E-state index contributed by atoms with van der Waals surface area (Å²) >= 11 is 0. The third-order valence-corrected chi connectivity index (χ3v) is 12.5. The van der Waals surface area contributed by atoms with Crippen LogP contribution in [-0.2, 0) is 38.3 Å². The summed E-state index contributed by atoms with van der Waals surface area (Å²) in [4.78, 5) is 12.9. The zero-order valence-electron chi connectivity index (χ0n) is 41.1. The van der Waals surface area contributed by atoms with Crippen LogP contribution in [0.5, 0.6) is 0 Å². The molecule has 1 rings (SSSR count). The van der Waals surface area contributed by atoms with Crippen LogP contribution in [0.25, 0.3) is 0 Å². The molecule has 0 amide bonds. The average molecular weight is 945 g/mol. The number of hydrogen-bond donors (Lipinski definition) is 4. The van der Waals surface area contributed by atoms with Gasteiger partial charge in [0.1, 0.15) is 30.5 Å². The van der Waals surface area contributed by atoms with Crippen molar-refractivity contribution >= 4 is 16.4 Å². The summed E-state index contributed by atoms with van der Waals surface area (Å²) in [5.41, 5.74) is 0. The Balaban J connectivity index is 2.35. The third-order valence-electron chi connectivity index (χ3n) is 12.0. The van der Waals surface area contributed by atoms with E-state index in [1.165, 1.54) is 148 Å². The summed E-state index contributed by atoms with van der Waals surface area (Å²) in [6.07, 6.45) is 43.1. The van der Waals surface area contributed by atoms with E-state index in [0.717, 1.165) is 51.4 Å². The summed E-state index contributed by atoms with van der Waals surface area (Å²) in [5.74, 6) is -0.403. The van der Waals surface area contributed by atoms with Gasteiger partial charge in [-0.25, -0.2) is 4.18 Å². The van der Waals surface area contributed by atoms with Crippen molar-refractivity contribution in [1.29, 1.82) is 0 Å². The lowest BCUT2D eigenvalue weighted by Crippen LogP contribution is -2.60. The number of aliphatic hydroxyl groups is 3. The lowest BCUT2D eigenvalue weighted by Gasteiger charge is -2.41. The zero-order valence-corrected chi connectivity index (χ0v) is 41.9. The van der Waals surface area contributed by atoms with E-state index in [1.807, 2.05) is 0 Å². The highest BCUT2D eigenvalue weighted by Gasteiger charge is 2.48. The minimum atomic E-state index is -5.07. The van der Waals surface area contributed by atoms with Gasteiger partial charge in [0.2, 0.25) is 0 Å². The molecule has 0 spiro atoms. The third kappa shape index (κ3) is 37.0. The van der Waals surface area contributed by atoms with Crippen LogP contribution in [0.4, 0.5) is 0 Å². The minimum absolute atomic E-state index is 0.0336. The molecule has 0 aromatic rings. The average Bonchev–Trinajstić information content (AvgIpc) is 3.28. The Morgan fingerprint density at radius 1 is 0.585 bits per heavy atom. The first-order chi connectivity index (χ1) is 31.6. The Labute approximate surface area is 396 Å². The molecule has 1 heterocycles. The van der Waals surface area contributed by atoms with Crippen molar-refractivity contribution in [3.63, 3.8) is 0 Å². The number of unbranched alkanes of at least 4 members (excludes halogenated alkanes) is 27. The Bertz CT molecular complexity index is 1270. The van der Waals surface area contributed by atoms with Crippen molar-refractivity contribution in [2.75, 3.05) is 26.4 Å². The van der Waals surface area contributed by atoms with Gasteiger partial charge in [0.25, 0.3) is 0 Å². The van der Waals surface area contributed by atoms with Crippen molar-refractivity contribution in [3.05, 3.63) is 36.5 Å². The van der Waals surface area contributed by atoms with Crippen molar-refractivity contribution in [2.45, 2.75) is 263 Å². The quantitative estimate of drug-likeness (QED) is 0.0197. The van der Waals surface area contributed by atoms with Gasteiger partial charge in [0, 0.05) is 13.0 Å². The van der Waals surface area contributed by atoms with Crippen molar-refractivity contribution in [3.8, 4) is 0 Å². The van der Waals surface area contributed by atoms with E-state index in [1.54, 1.807) is 0 Å². The van der Waals surface area contributed by atoms with Gasteiger partial charge in [0.15, 0.2) is 6.29 Å². The molecule has 4 N–H and O–H groups in total. The molecule has 1 fully saturated rings. The van der Waals surface area contributed by atoms with Crippen LogP contribution in [0.15, 0.2) is 36.5 Å². The Hall–Kier alpha value is -1.68. The monoisotopic (exact) mass is 945 g/mol. The smallest absolute Gasteiger partial charge is 0.397 e. The zero-order chi connectivity index (χ0) is 47.5. The normalized spacial score (nSPS) is 19.9. The van der Waals surface area contributed by atoms with Crippen molar-refractivity contribution < 1.29 is 56.2 Å². The van der Waals surface area contributed by atoms with Gasteiger partial charge in [-0.1, -0.05) is 185 Å². The van der Waals surface area contributed by atoms with Crippen LogP contribution in [0.2, 0.25) is 0 Å². The summed E-state index contributed by atoms with van der Waals surface area (Å²) in [6.45, 7) is 3.98. The fourth-order valence-electron chi connectivity index (χ4n) is 7.99. The molecule has 0 saturated carbocycles. The lowest BCUT2D eigenvalue weighted by atomic mass is 9.99. The van der Waals surface area contributed by atoms with Crippen LogP contribution < -0.4 is 0 Å². The van der Waals surface area contributed by atoms with Gasteiger partial charge in [0.05, 0.1) is 19.8 Å². The second-order valence-corrected chi connectivity index (χ2v) is 19.2. The molecular formula is C52H96O12S. The van der Waals surface area contributed by atoms with E-state index < -0.39 is 59.8 Å². The van der Waals surface area contributed by atoms with Crippen LogP contribution in [-0.4, -0.2) is 97.5 Å². The van der Waals surface area contributed by atoms with Crippen molar-refractivity contribution in [1.82, 2.24) is 0 Å². The molecule has 6 unspecified atom stereocenters. The molecule has 13 heteroatoms. The van der Waals surface area contributed by atoms with E-state index in [2.05, 4.69) is 54.5 Å². The number of carbonyl (C=O) groups is 1. The van der Waals surface area contributed by atoms with Gasteiger partial charge in [-0.15, -0.1) is 0 Å². The lowest BCUT2D eigenvalue weighted by molar-refractivity contribution is -0.301.